The molecule has 0 aliphatic carbocycles. The van der Waals surface area contributed by atoms with Crippen LogP contribution in [0.15, 0.2) is 51.6 Å². The zero-order valence-corrected chi connectivity index (χ0v) is 18.7. The van der Waals surface area contributed by atoms with E-state index in [0.29, 0.717) is 22.0 Å². The van der Waals surface area contributed by atoms with Crippen molar-refractivity contribution in [1.29, 1.82) is 0 Å². The van der Waals surface area contributed by atoms with E-state index in [9.17, 15) is 14.0 Å². The minimum absolute atomic E-state index is 0.0375. The van der Waals surface area contributed by atoms with E-state index < -0.39 is 17.8 Å². The average molecular weight is 444 g/mol. The highest BCUT2D eigenvalue weighted by Gasteiger charge is 2.42. The van der Waals surface area contributed by atoms with Crippen LogP contribution in [-0.4, -0.2) is 46.0 Å². The third-order valence-corrected chi connectivity index (χ3v) is 6.44. The van der Waals surface area contributed by atoms with Crippen LogP contribution in [0, 0.1) is 5.82 Å². The van der Waals surface area contributed by atoms with Gasteiger partial charge in [0, 0.05) is 24.4 Å². The molecule has 0 bridgehead atoms. The van der Waals surface area contributed by atoms with Gasteiger partial charge in [-0.2, -0.15) is 0 Å². The highest BCUT2D eigenvalue weighted by molar-refractivity contribution is 8.16. The number of aliphatic imine (C=N–C) groups is 1. The van der Waals surface area contributed by atoms with Gasteiger partial charge < -0.3 is 14.5 Å². The summed E-state index contributed by atoms with van der Waals surface area (Å²) in [5, 5.41) is 2.51. The minimum Gasteiger partial charge on any atom is -0.459 e. The van der Waals surface area contributed by atoms with Gasteiger partial charge in [0.05, 0.1) is 29.8 Å². The van der Waals surface area contributed by atoms with Crippen molar-refractivity contribution < 1.29 is 18.7 Å². The Kier molecular flexibility index (Phi) is 6.18. The van der Waals surface area contributed by atoms with Crippen LogP contribution in [0.2, 0.25) is 0 Å². The first-order valence-electron chi connectivity index (χ1n) is 10.5. The molecule has 0 spiro atoms. The molecule has 0 saturated carbocycles. The lowest BCUT2D eigenvalue weighted by Gasteiger charge is -2.36. The molecule has 0 unspecified atom stereocenters. The van der Waals surface area contributed by atoms with Crippen molar-refractivity contribution in [3.8, 4) is 0 Å². The molecule has 0 radical (unpaired) electrons. The van der Waals surface area contributed by atoms with Gasteiger partial charge >= 0.3 is 5.97 Å². The maximum atomic E-state index is 15.0. The molecule has 6 nitrogen and oxygen atoms in total. The van der Waals surface area contributed by atoms with E-state index in [-0.39, 0.29) is 18.4 Å². The molecule has 8 heteroatoms. The van der Waals surface area contributed by atoms with Gasteiger partial charge in [-0.15, -0.1) is 0 Å². The van der Waals surface area contributed by atoms with E-state index in [0.717, 1.165) is 31.6 Å². The van der Waals surface area contributed by atoms with Crippen LogP contribution >= 0.6 is 11.8 Å². The molecule has 1 aromatic rings. The number of amides is 1. The molecule has 1 amide bonds. The number of carbonyl (C=O) groups is 2. The van der Waals surface area contributed by atoms with E-state index in [4.69, 9.17) is 4.74 Å². The van der Waals surface area contributed by atoms with E-state index in [1.54, 1.807) is 39.0 Å². The summed E-state index contributed by atoms with van der Waals surface area (Å²) in [5.41, 5.74) is 1.87. The number of allylic oxidation sites excluding steroid dienone is 1. The van der Waals surface area contributed by atoms with Crippen molar-refractivity contribution in [3.63, 3.8) is 0 Å². The summed E-state index contributed by atoms with van der Waals surface area (Å²) < 4.78 is 20.4. The van der Waals surface area contributed by atoms with E-state index in [1.807, 2.05) is 15.2 Å². The number of likely N-dealkylation sites (tertiary alicyclic amines) is 1. The van der Waals surface area contributed by atoms with Crippen LogP contribution in [0.5, 0.6) is 0 Å². The molecule has 3 aliphatic heterocycles. The van der Waals surface area contributed by atoms with Crippen LogP contribution in [0.25, 0.3) is 0 Å². The van der Waals surface area contributed by atoms with Crippen LogP contribution in [0.4, 0.5) is 4.39 Å². The number of fused-ring (bicyclic) bond motifs is 1. The predicted molar refractivity (Wildman–Crippen MR) is 118 cm³/mol. The largest absolute Gasteiger partial charge is 0.459 e. The first-order valence-corrected chi connectivity index (χ1v) is 11.4. The first-order chi connectivity index (χ1) is 14.9. The summed E-state index contributed by atoms with van der Waals surface area (Å²) in [6.07, 6.45) is 1.89. The van der Waals surface area contributed by atoms with Crippen molar-refractivity contribution in [2.75, 3.05) is 13.1 Å². The molecule has 1 atom stereocenters. The maximum Gasteiger partial charge on any atom is 0.338 e. The fourth-order valence-electron chi connectivity index (χ4n) is 4.13. The predicted octanol–water partition coefficient (Wildman–Crippen LogP) is 4.36. The Morgan fingerprint density at radius 3 is 2.65 bits per heavy atom. The van der Waals surface area contributed by atoms with Gasteiger partial charge in [-0.1, -0.05) is 30.0 Å². The highest BCUT2D eigenvalue weighted by atomic mass is 32.2. The van der Waals surface area contributed by atoms with E-state index in [2.05, 4.69) is 4.99 Å². The van der Waals surface area contributed by atoms with Gasteiger partial charge in [0.15, 0.2) is 5.17 Å². The number of benzene rings is 1. The lowest BCUT2D eigenvalue weighted by atomic mass is 9.93. The Morgan fingerprint density at radius 1 is 1.26 bits per heavy atom. The van der Waals surface area contributed by atoms with Crippen molar-refractivity contribution in [2.24, 2.45) is 4.99 Å². The van der Waals surface area contributed by atoms with Gasteiger partial charge in [0.2, 0.25) is 5.91 Å². The molecular weight excluding hydrogens is 417 g/mol. The standard InChI is InChI=1S/C23H26FN3O3S/c1-14(2)30-22(29)20-15(3)25-23-27(21(20)17-8-4-5-9-18(17)24)16(13-31-23)12-19(28)26-10-6-7-11-26/h4-5,8-9,13-14,21H,6-7,10-12H2,1-3H3/t21-/m1/s1. The van der Waals surface area contributed by atoms with Crippen LogP contribution in [0.1, 0.15) is 51.6 Å². The van der Waals surface area contributed by atoms with Gasteiger partial charge in [0.25, 0.3) is 0 Å². The fourth-order valence-corrected chi connectivity index (χ4v) is 5.10. The molecule has 164 valence electrons. The lowest BCUT2D eigenvalue weighted by molar-refractivity contribution is -0.143. The summed E-state index contributed by atoms with van der Waals surface area (Å²) in [5.74, 6) is -0.903. The van der Waals surface area contributed by atoms with Crippen molar-refractivity contribution in [3.05, 3.63) is 58.0 Å². The summed E-state index contributed by atoms with van der Waals surface area (Å²) in [7, 11) is 0. The van der Waals surface area contributed by atoms with Crippen molar-refractivity contribution in [1.82, 2.24) is 9.80 Å². The third-order valence-electron chi connectivity index (χ3n) is 5.55. The Bertz CT molecular complexity index is 996. The molecule has 3 aliphatic rings. The van der Waals surface area contributed by atoms with Gasteiger partial charge in [-0.25, -0.2) is 14.2 Å². The number of ether oxygens (including phenoxy) is 1. The fraction of sp³-hybridized carbons (Fsp3) is 0.435. The van der Waals surface area contributed by atoms with Crippen LogP contribution in [-0.2, 0) is 14.3 Å². The molecule has 1 saturated heterocycles. The van der Waals surface area contributed by atoms with Gasteiger partial charge in [0.1, 0.15) is 5.82 Å². The number of esters is 1. The quantitative estimate of drug-likeness (QED) is 0.633. The highest BCUT2D eigenvalue weighted by Crippen LogP contribution is 2.45. The van der Waals surface area contributed by atoms with E-state index in [1.165, 1.54) is 17.8 Å². The number of rotatable bonds is 5. The number of thioether (sulfide) groups is 1. The average Bonchev–Trinajstić information content (AvgIpc) is 3.37. The van der Waals surface area contributed by atoms with Crippen molar-refractivity contribution in [2.45, 2.75) is 52.2 Å². The topological polar surface area (TPSA) is 62.2 Å². The van der Waals surface area contributed by atoms with Crippen molar-refractivity contribution >= 4 is 28.8 Å². The smallest absolute Gasteiger partial charge is 0.338 e. The second kappa shape index (κ2) is 8.86. The zero-order valence-electron chi connectivity index (χ0n) is 17.9. The molecular formula is C23H26FN3O3S. The molecule has 0 aromatic heterocycles. The molecule has 0 N–H and O–H groups in total. The molecule has 4 rings (SSSR count). The second-order valence-electron chi connectivity index (χ2n) is 8.13. The van der Waals surface area contributed by atoms with Crippen LogP contribution < -0.4 is 0 Å². The maximum absolute atomic E-state index is 15.0. The van der Waals surface area contributed by atoms with Gasteiger partial charge in [-0.3, -0.25) is 4.79 Å². The normalized spacial score (nSPS) is 20.7. The summed E-state index contributed by atoms with van der Waals surface area (Å²) >= 11 is 1.39. The summed E-state index contributed by atoms with van der Waals surface area (Å²) in [6, 6.07) is 5.66. The Morgan fingerprint density at radius 2 is 1.97 bits per heavy atom. The number of halogens is 1. The first kappa shape index (κ1) is 21.6. The molecule has 1 fully saturated rings. The molecule has 3 heterocycles. The Labute approximate surface area is 185 Å². The minimum atomic E-state index is -0.743. The lowest BCUT2D eigenvalue weighted by Crippen LogP contribution is -2.39. The molecule has 1 aromatic carbocycles. The third kappa shape index (κ3) is 4.26. The van der Waals surface area contributed by atoms with E-state index >= 15 is 0 Å². The number of amidine groups is 1. The summed E-state index contributed by atoms with van der Waals surface area (Å²) in [4.78, 5) is 34.2. The Balaban J connectivity index is 1.73. The SMILES string of the molecule is CC1=C(C(=O)OC(C)C)[C@@H](c2ccccc2F)N2C(CC(=O)N3CCCC3)=CSC2=N1. The number of carbonyl (C=O) groups excluding carboxylic acids is 2. The Hall–Kier alpha value is -2.61. The molecule has 31 heavy (non-hydrogen) atoms. The summed E-state index contributed by atoms with van der Waals surface area (Å²) in [6.45, 7) is 6.82. The van der Waals surface area contributed by atoms with Gasteiger partial charge in [-0.05, 0) is 45.1 Å². The number of hydrogen-bond donors (Lipinski definition) is 0. The monoisotopic (exact) mass is 443 g/mol. The van der Waals surface area contributed by atoms with Crippen LogP contribution in [0.3, 0.4) is 0 Å². The zero-order chi connectivity index (χ0) is 22.1. The number of hydrogen-bond acceptors (Lipinski definition) is 6. The second-order valence-corrected chi connectivity index (χ2v) is 8.97. The number of nitrogens with zero attached hydrogens (tertiary/aromatic N) is 3.